The lowest BCUT2D eigenvalue weighted by molar-refractivity contribution is 0.0247. The van der Waals surface area contributed by atoms with Crippen LogP contribution in [0.25, 0.3) is 0 Å². The van der Waals surface area contributed by atoms with Crippen molar-refractivity contribution in [2.75, 3.05) is 44.2 Å². The summed E-state index contributed by atoms with van der Waals surface area (Å²) in [5.74, 6) is 1.08. The number of aryl methyl sites for hydroxylation is 1. The Bertz CT molecular complexity index is 763. The topological polar surface area (TPSA) is 57.5 Å². The molecule has 0 amide bonds. The third-order valence-electron chi connectivity index (χ3n) is 5.16. The van der Waals surface area contributed by atoms with Crippen LogP contribution >= 0.6 is 0 Å². The molecule has 0 radical (unpaired) electrons. The maximum absolute atomic E-state index is 11.7. The van der Waals surface area contributed by atoms with Crippen LogP contribution in [0.5, 0.6) is 0 Å². The summed E-state index contributed by atoms with van der Waals surface area (Å²) in [5.41, 5.74) is 0.870. The summed E-state index contributed by atoms with van der Waals surface area (Å²) in [5, 5.41) is 0. The fourth-order valence-corrected chi connectivity index (χ4v) is 3.57. The van der Waals surface area contributed by atoms with E-state index >= 15 is 0 Å². The van der Waals surface area contributed by atoms with Crippen LogP contribution in [0.1, 0.15) is 5.69 Å². The van der Waals surface area contributed by atoms with Gasteiger partial charge in [-0.15, -0.1) is 0 Å². The summed E-state index contributed by atoms with van der Waals surface area (Å²) in [7, 11) is 1.73. The second-order valence-corrected chi connectivity index (χ2v) is 6.89. The number of nitrogens with zero attached hydrogens (tertiary/aromatic N) is 6. The van der Waals surface area contributed by atoms with E-state index in [2.05, 4.69) is 30.7 Å². The third-order valence-corrected chi connectivity index (χ3v) is 5.16. The van der Waals surface area contributed by atoms with Gasteiger partial charge in [-0.1, -0.05) is 6.07 Å². The van der Waals surface area contributed by atoms with E-state index in [9.17, 15) is 4.79 Å². The molecule has 7 nitrogen and oxygen atoms in total. The molecule has 4 rings (SSSR count). The van der Waals surface area contributed by atoms with Crippen LogP contribution < -0.4 is 10.5 Å². The number of hydrogen-bond donors (Lipinski definition) is 0. The van der Waals surface area contributed by atoms with E-state index in [1.807, 2.05) is 18.3 Å². The summed E-state index contributed by atoms with van der Waals surface area (Å²) >= 11 is 0. The molecule has 4 heterocycles. The lowest BCUT2D eigenvalue weighted by Gasteiger charge is -2.48. The van der Waals surface area contributed by atoms with E-state index < -0.39 is 0 Å². The number of pyridine rings is 1. The number of likely N-dealkylation sites (tertiary alicyclic amines) is 1. The first-order valence-corrected chi connectivity index (χ1v) is 8.83. The van der Waals surface area contributed by atoms with Gasteiger partial charge in [0.15, 0.2) is 0 Å². The Balaban J connectivity index is 1.25. The fourth-order valence-electron chi connectivity index (χ4n) is 3.57. The Kier molecular flexibility index (Phi) is 4.50. The van der Waals surface area contributed by atoms with Gasteiger partial charge in [0, 0.05) is 71.2 Å². The van der Waals surface area contributed by atoms with E-state index in [1.54, 1.807) is 19.4 Å². The van der Waals surface area contributed by atoms with Gasteiger partial charge >= 0.3 is 0 Å². The van der Waals surface area contributed by atoms with Gasteiger partial charge in [0.05, 0.1) is 12.0 Å². The van der Waals surface area contributed by atoms with Gasteiger partial charge in [-0.25, -0.2) is 9.97 Å². The Labute approximate surface area is 147 Å². The van der Waals surface area contributed by atoms with Crippen molar-refractivity contribution >= 4 is 5.82 Å². The molecular formula is C18H24N6O. The van der Waals surface area contributed by atoms with E-state index in [1.165, 1.54) is 4.57 Å². The molecule has 25 heavy (non-hydrogen) atoms. The summed E-state index contributed by atoms with van der Waals surface area (Å²) in [6.45, 7) is 7.10. The predicted octanol–water partition coefficient (Wildman–Crippen LogP) is 0.182. The second kappa shape index (κ2) is 6.93. The zero-order valence-corrected chi connectivity index (χ0v) is 14.6. The Hall–Kier alpha value is -2.25. The van der Waals surface area contributed by atoms with Gasteiger partial charge < -0.3 is 9.47 Å². The van der Waals surface area contributed by atoms with Crippen LogP contribution in [-0.2, 0) is 13.6 Å². The molecule has 0 aromatic carbocycles. The number of rotatable bonds is 4. The molecule has 132 valence electrons. The Morgan fingerprint density at radius 3 is 2.60 bits per heavy atom. The summed E-state index contributed by atoms with van der Waals surface area (Å²) < 4.78 is 1.50. The SMILES string of the molecule is Cn1cnc(CN2CC(N3CCN(c4ccccn4)CC3)C2)cc1=O. The van der Waals surface area contributed by atoms with Crippen LogP contribution in [0.2, 0.25) is 0 Å². The molecule has 0 spiro atoms. The average molecular weight is 340 g/mol. The van der Waals surface area contributed by atoms with E-state index in [4.69, 9.17) is 0 Å². The van der Waals surface area contributed by atoms with Crippen LogP contribution in [0, 0.1) is 0 Å². The molecule has 0 N–H and O–H groups in total. The minimum Gasteiger partial charge on any atom is -0.354 e. The highest BCUT2D eigenvalue weighted by molar-refractivity contribution is 5.38. The standard InChI is InChI=1S/C18H24N6O/c1-21-14-20-15(10-18(21)25)11-22-12-16(13-22)23-6-8-24(9-7-23)17-4-2-3-5-19-17/h2-5,10,14,16H,6-9,11-13H2,1H3. The van der Waals surface area contributed by atoms with Gasteiger partial charge in [-0.05, 0) is 12.1 Å². The molecule has 0 unspecified atom stereocenters. The fraction of sp³-hybridized carbons (Fsp3) is 0.500. The second-order valence-electron chi connectivity index (χ2n) is 6.89. The van der Waals surface area contributed by atoms with E-state index in [0.717, 1.165) is 57.3 Å². The third kappa shape index (κ3) is 3.57. The van der Waals surface area contributed by atoms with E-state index in [0.29, 0.717) is 6.04 Å². The molecule has 0 aliphatic carbocycles. The van der Waals surface area contributed by atoms with Gasteiger partial charge in [-0.3, -0.25) is 14.6 Å². The Morgan fingerprint density at radius 2 is 1.92 bits per heavy atom. The van der Waals surface area contributed by atoms with Crippen molar-refractivity contribution in [3.8, 4) is 0 Å². The van der Waals surface area contributed by atoms with Crippen molar-refractivity contribution in [2.45, 2.75) is 12.6 Å². The Morgan fingerprint density at radius 1 is 1.12 bits per heavy atom. The normalized spacial score (nSPS) is 19.8. The first kappa shape index (κ1) is 16.2. The van der Waals surface area contributed by atoms with Crippen molar-refractivity contribution in [1.82, 2.24) is 24.3 Å². The summed E-state index contributed by atoms with van der Waals surface area (Å²) in [4.78, 5) is 27.7. The quantitative estimate of drug-likeness (QED) is 0.792. The highest BCUT2D eigenvalue weighted by Crippen LogP contribution is 2.20. The first-order chi connectivity index (χ1) is 12.2. The van der Waals surface area contributed by atoms with Crippen molar-refractivity contribution < 1.29 is 0 Å². The maximum atomic E-state index is 11.7. The first-order valence-electron chi connectivity index (χ1n) is 8.83. The van der Waals surface area contributed by atoms with Crippen LogP contribution in [0.15, 0.2) is 41.6 Å². The average Bonchev–Trinajstić information content (AvgIpc) is 2.62. The zero-order chi connectivity index (χ0) is 17.2. The summed E-state index contributed by atoms with van der Waals surface area (Å²) in [6, 6.07) is 8.35. The van der Waals surface area contributed by atoms with Crippen molar-refractivity contribution in [3.05, 3.63) is 52.8 Å². The molecule has 0 saturated carbocycles. The predicted molar refractivity (Wildman–Crippen MR) is 96.6 cm³/mol. The van der Waals surface area contributed by atoms with Crippen molar-refractivity contribution in [2.24, 2.45) is 7.05 Å². The van der Waals surface area contributed by atoms with Gasteiger partial charge in [0.2, 0.25) is 0 Å². The number of piperazine rings is 1. The molecule has 2 aliphatic rings. The van der Waals surface area contributed by atoms with Crippen LogP contribution in [-0.4, -0.2) is 69.6 Å². The maximum Gasteiger partial charge on any atom is 0.253 e. The van der Waals surface area contributed by atoms with Gasteiger partial charge in [0.25, 0.3) is 5.56 Å². The molecular weight excluding hydrogens is 316 g/mol. The molecule has 2 saturated heterocycles. The van der Waals surface area contributed by atoms with Crippen LogP contribution in [0.3, 0.4) is 0 Å². The minimum absolute atomic E-state index is 0.00715. The number of hydrogen-bond acceptors (Lipinski definition) is 6. The van der Waals surface area contributed by atoms with Gasteiger partial charge in [0.1, 0.15) is 5.82 Å². The van der Waals surface area contributed by atoms with Crippen molar-refractivity contribution in [1.29, 1.82) is 0 Å². The molecule has 2 aliphatic heterocycles. The largest absolute Gasteiger partial charge is 0.354 e. The summed E-state index contributed by atoms with van der Waals surface area (Å²) in [6.07, 6.45) is 3.46. The van der Waals surface area contributed by atoms with Gasteiger partial charge in [-0.2, -0.15) is 0 Å². The minimum atomic E-state index is 0.00715. The highest BCUT2D eigenvalue weighted by atomic mass is 16.1. The van der Waals surface area contributed by atoms with Crippen LogP contribution in [0.4, 0.5) is 5.82 Å². The molecule has 2 fully saturated rings. The lowest BCUT2D eigenvalue weighted by Crippen LogP contribution is -2.62. The van der Waals surface area contributed by atoms with Crippen molar-refractivity contribution in [3.63, 3.8) is 0 Å². The molecule has 0 atom stereocenters. The van der Waals surface area contributed by atoms with E-state index in [-0.39, 0.29) is 5.56 Å². The monoisotopic (exact) mass is 340 g/mol. The smallest absolute Gasteiger partial charge is 0.253 e. The lowest BCUT2D eigenvalue weighted by atomic mass is 10.1. The number of aromatic nitrogens is 3. The number of anilines is 1. The molecule has 2 aromatic rings. The highest BCUT2D eigenvalue weighted by Gasteiger charge is 2.33. The molecule has 0 bridgehead atoms. The zero-order valence-electron chi connectivity index (χ0n) is 14.6. The molecule has 2 aromatic heterocycles. The molecule has 7 heteroatoms.